The fraction of sp³-hybridized carbons (Fsp3) is 0.727. The summed E-state index contributed by atoms with van der Waals surface area (Å²) >= 11 is 0. The standard InChI is InChI=1S/C11H18O3/c1-8(2)5-4-6-11(3)9(12)7-10(13)14-11/h5,9,12H,4,6-7H2,1-3H3. The summed E-state index contributed by atoms with van der Waals surface area (Å²) in [6.07, 6.45) is 3.09. The van der Waals surface area contributed by atoms with Crippen molar-refractivity contribution < 1.29 is 14.6 Å². The first-order valence-electron chi connectivity index (χ1n) is 4.97. The normalized spacial score (nSPS) is 31.4. The van der Waals surface area contributed by atoms with E-state index in [9.17, 15) is 9.90 Å². The van der Waals surface area contributed by atoms with Gasteiger partial charge in [-0.15, -0.1) is 0 Å². The van der Waals surface area contributed by atoms with E-state index in [2.05, 4.69) is 6.08 Å². The topological polar surface area (TPSA) is 46.5 Å². The molecule has 2 atom stereocenters. The molecule has 1 heterocycles. The Labute approximate surface area is 84.8 Å². The van der Waals surface area contributed by atoms with Crippen LogP contribution in [-0.2, 0) is 9.53 Å². The third-order valence-corrected chi connectivity index (χ3v) is 2.61. The Morgan fingerprint density at radius 1 is 1.71 bits per heavy atom. The van der Waals surface area contributed by atoms with Gasteiger partial charge in [0.25, 0.3) is 0 Å². The van der Waals surface area contributed by atoms with E-state index >= 15 is 0 Å². The Morgan fingerprint density at radius 2 is 2.36 bits per heavy atom. The predicted octanol–water partition coefficient (Wildman–Crippen LogP) is 1.80. The molecule has 1 aliphatic rings. The number of aliphatic hydroxyl groups is 1. The summed E-state index contributed by atoms with van der Waals surface area (Å²) in [7, 11) is 0. The second-order valence-electron chi connectivity index (χ2n) is 4.33. The molecule has 0 bridgehead atoms. The molecule has 0 amide bonds. The fourth-order valence-corrected chi connectivity index (χ4v) is 1.61. The number of carbonyl (C=O) groups excluding carboxylic acids is 1. The SMILES string of the molecule is CC(C)=CCCC1(C)OC(=O)CC1O. The van der Waals surface area contributed by atoms with Crippen molar-refractivity contribution in [1.29, 1.82) is 0 Å². The molecule has 0 aromatic carbocycles. The van der Waals surface area contributed by atoms with Crippen molar-refractivity contribution >= 4 is 5.97 Å². The van der Waals surface area contributed by atoms with E-state index in [0.717, 1.165) is 6.42 Å². The van der Waals surface area contributed by atoms with Gasteiger partial charge < -0.3 is 9.84 Å². The maximum atomic E-state index is 11.0. The molecule has 14 heavy (non-hydrogen) atoms. The van der Waals surface area contributed by atoms with Crippen LogP contribution in [0.2, 0.25) is 0 Å². The highest BCUT2D eigenvalue weighted by Crippen LogP contribution is 2.31. The lowest BCUT2D eigenvalue weighted by molar-refractivity contribution is -0.149. The summed E-state index contributed by atoms with van der Waals surface area (Å²) in [4.78, 5) is 11.0. The van der Waals surface area contributed by atoms with Crippen LogP contribution in [0.1, 0.15) is 40.0 Å². The van der Waals surface area contributed by atoms with Crippen molar-refractivity contribution in [2.24, 2.45) is 0 Å². The lowest BCUT2D eigenvalue weighted by Crippen LogP contribution is -2.35. The van der Waals surface area contributed by atoms with E-state index in [1.54, 1.807) is 6.92 Å². The third-order valence-electron chi connectivity index (χ3n) is 2.61. The highest BCUT2D eigenvalue weighted by atomic mass is 16.6. The monoisotopic (exact) mass is 198 g/mol. The van der Waals surface area contributed by atoms with Crippen LogP contribution < -0.4 is 0 Å². The number of rotatable bonds is 3. The number of allylic oxidation sites excluding steroid dienone is 2. The predicted molar refractivity (Wildman–Crippen MR) is 53.8 cm³/mol. The maximum absolute atomic E-state index is 11.0. The number of aliphatic hydroxyl groups excluding tert-OH is 1. The van der Waals surface area contributed by atoms with Crippen molar-refractivity contribution in [3.63, 3.8) is 0 Å². The Morgan fingerprint density at radius 3 is 2.79 bits per heavy atom. The molecule has 0 aliphatic carbocycles. The molecule has 2 unspecified atom stereocenters. The van der Waals surface area contributed by atoms with Crippen molar-refractivity contribution in [3.8, 4) is 0 Å². The van der Waals surface area contributed by atoms with Crippen LogP contribution in [0.5, 0.6) is 0 Å². The maximum Gasteiger partial charge on any atom is 0.309 e. The molecule has 80 valence electrons. The molecule has 1 saturated heterocycles. The molecule has 0 radical (unpaired) electrons. The molecule has 0 aromatic rings. The number of esters is 1. The first-order chi connectivity index (χ1) is 6.44. The highest BCUT2D eigenvalue weighted by molar-refractivity contribution is 5.73. The molecule has 0 spiro atoms. The summed E-state index contributed by atoms with van der Waals surface area (Å²) in [5, 5.41) is 9.62. The number of hydrogen-bond acceptors (Lipinski definition) is 3. The summed E-state index contributed by atoms with van der Waals surface area (Å²) < 4.78 is 5.12. The van der Waals surface area contributed by atoms with Crippen LogP contribution in [0, 0.1) is 0 Å². The summed E-state index contributed by atoms with van der Waals surface area (Å²) in [6.45, 7) is 5.85. The number of carbonyl (C=O) groups is 1. The van der Waals surface area contributed by atoms with Crippen molar-refractivity contribution in [2.45, 2.75) is 51.7 Å². The van der Waals surface area contributed by atoms with E-state index in [1.165, 1.54) is 5.57 Å². The van der Waals surface area contributed by atoms with E-state index in [-0.39, 0.29) is 12.4 Å². The number of hydrogen-bond donors (Lipinski definition) is 1. The minimum atomic E-state index is -0.678. The Balaban J connectivity index is 2.50. The molecule has 1 rings (SSSR count). The summed E-state index contributed by atoms with van der Waals surface area (Å²) in [5.74, 6) is -0.294. The van der Waals surface area contributed by atoms with Gasteiger partial charge in [0.15, 0.2) is 0 Å². The Kier molecular flexibility index (Phi) is 3.32. The third kappa shape index (κ3) is 2.58. The van der Waals surface area contributed by atoms with Gasteiger partial charge in [-0.25, -0.2) is 0 Å². The molecule has 1 N–H and O–H groups in total. The molecular formula is C11H18O3. The van der Waals surface area contributed by atoms with Crippen LogP contribution in [0.3, 0.4) is 0 Å². The van der Waals surface area contributed by atoms with Crippen molar-refractivity contribution in [3.05, 3.63) is 11.6 Å². The van der Waals surface area contributed by atoms with Gasteiger partial charge in [-0.3, -0.25) is 4.79 Å². The van der Waals surface area contributed by atoms with Crippen molar-refractivity contribution in [1.82, 2.24) is 0 Å². The second kappa shape index (κ2) is 4.13. The van der Waals surface area contributed by atoms with Gasteiger partial charge >= 0.3 is 5.97 Å². The number of cyclic esters (lactones) is 1. The minimum absolute atomic E-state index is 0.130. The van der Waals surface area contributed by atoms with E-state index in [1.807, 2.05) is 13.8 Å². The Hall–Kier alpha value is -0.830. The molecule has 1 fully saturated rings. The average Bonchev–Trinajstić information content (AvgIpc) is 2.25. The largest absolute Gasteiger partial charge is 0.456 e. The van der Waals surface area contributed by atoms with Crippen LogP contribution in [-0.4, -0.2) is 22.8 Å². The van der Waals surface area contributed by atoms with Crippen LogP contribution in [0.4, 0.5) is 0 Å². The van der Waals surface area contributed by atoms with Gasteiger partial charge in [0.2, 0.25) is 0 Å². The smallest absolute Gasteiger partial charge is 0.309 e. The fourth-order valence-electron chi connectivity index (χ4n) is 1.61. The van der Waals surface area contributed by atoms with E-state index in [0.29, 0.717) is 6.42 Å². The minimum Gasteiger partial charge on any atom is -0.456 e. The number of ether oxygens (including phenoxy) is 1. The molecule has 0 aromatic heterocycles. The average molecular weight is 198 g/mol. The van der Waals surface area contributed by atoms with Crippen LogP contribution in [0.25, 0.3) is 0 Å². The van der Waals surface area contributed by atoms with Gasteiger partial charge in [-0.1, -0.05) is 11.6 Å². The van der Waals surface area contributed by atoms with Gasteiger partial charge in [0.05, 0.1) is 6.42 Å². The molecular weight excluding hydrogens is 180 g/mol. The lowest BCUT2D eigenvalue weighted by Gasteiger charge is -2.25. The van der Waals surface area contributed by atoms with Crippen LogP contribution >= 0.6 is 0 Å². The van der Waals surface area contributed by atoms with Crippen molar-refractivity contribution in [2.75, 3.05) is 0 Å². The lowest BCUT2D eigenvalue weighted by atomic mass is 9.93. The molecule has 0 saturated carbocycles. The molecule has 1 aliphatic heterocycles. The van der Waals surface area contributed by atoms with Gasteiger partial charge in [-0.05, 0) is 33.6 Å². The Bertz CT molecular complexity index is 253. The summed E-state index contributed by atoms with van der Waals surface area (Å²) in [6, 6.07) is 0. The zero-order valence-corrected chi connectivity index (χ0v) is 9.04. The van der Waals surface area contributed by atoms with E-state index < -0.39 is 11.7 Å². The van der Waals surface area contributed by atoms with Gasteiger partial charge in [0.1, 0.15) is 11.7 Å². The summed E-state index contributed by atoms with van der Waals surface area (Å²) in [5.41, 5.74) is 0.565. The van der Waals surface area contributed by atoms with Gasteiger partial charge in [-0.2, -0.15) is 0 Å². The zero-order chi connectivity index (χ0) is 10.8. The van der Waals surface area contributed by atoms with Crippen LogP contribution in [0.15, 0.2) is 11.6 Å². The first-order valence-corrected chi connectivity index (χ1v) is 4.97. The highest BCUT2D eigenvalue weighted by Gasteiger charge is 2.43. The molecule has 3 heteroatoms. The zero-order valence-electron chi connectivity index (χ0n) is 9.04. The first kappa shape index (κ1) is 11.2. The van der Waals surface area contributed by atoms with Gasteiger partial charge in [0, 0.05) is 0 Å². The quantitative estimate of drug-likeness (QED) is 0.555. The second-order valence-corrected chi connectivity index (χ2v) is 4.33. The van der Waals surface area contributed by atoms with E-state index in [4.69, 9.17) is 4.74 Å². The molecule has 3 nitrogen and oxygen atoms in total.